The molecule has 22 heavy (non-hydrogen) atoms. The number of hydrogen-bond acceptors (Lipinski definition) is 3. The summed E-state index contributed by atoms with van der Waals surface area (Å²) in [4.78, 5) is 24.0. The highest BCUT2D eigenvalue weighted by Crippen LogP contribution is 2.29. The number of hydrogen-bond donors (Lipinski definition) is 2. The van der Waals surface area contributed by atoms with Crippen molar-refractivity contribution in [2.45, 2.75) is 44.0 Å². The smallest absolute Gasteiger partial charge is 0.306 e. The van der Waals surface area contributed by atoms with E-state index in [-0.39, 0.29) is 17.9 Å². The number of carboxylic acids is 1. The number of carbonyl (C=O) groups excluding carboxylic acids is 1. The molecule has 0 saturated heterocycles. The highest BCUT2D eigenvalue weighted by Gasteiger charge is 2.30. The van der Waals surface area contributed by atoms with Gasteiger partial charge in [0.05, 0.1) is 11.7 Å². The number of carboxylic acid groups (broad SMARTS) is 1. The van der Waals surface area contributed by atoms with Gasteiger partial charge in [-0.15, -0.1) is 11.8 Å². The fourth-order valence-electron chi connectivity index (χ4n) is 2.66. The minimum absolute atomic E-state index is 0.00181. The van der Waals surface area contributed by atoms with Crippen molar-refractivity contribution < 1.29 is 14.7 Å². The van der Waals surface area contributed by atoms with E-state index in [2.05, 4.69) is 33.4 Å². The molecule has 120 valence electrons. The van der Waals surface area contributed by atoms with Crippen LogP contribution in [0.1, 0.15) is 30.4 Å². The van der Waals surface area contributed by atoms with Crippen molar-refractivity contribution in [3.63, 3.8) is 0 Å². The summed E-state index contributed by atoms with van der Waals surface area (Å²) in [6, 6.07) is 4.14. The monoisotopic (exact) mass is 385 g/mol. The quantitative estimate of drug-likeness (QED) is 0.760. The van der Waals surface area contributed by atoms with Gasteiger partial charge in [0.2, 0.25) is 5.91 Å². The molecule has 1 aromatic carbocycles. The maximum Gasteiger partial charge on any atom is 0.306 e. The van der Waals surface area contributed by atoms with E-state index in [1.54, 1.807) is 0 Å². The van der Waals surface area contributed by atoms with E-state index in [0.29, 0.717) is 18.6 Å². The molecule has 1 aliphatic rings. The van der Waals surface area contributed by atoms with Gasteiger partial charge >= 0.3 is 5.97 Å². The zero-order valence-corrected chi connectivity index (χ0v) is 15.1. The molecule has 2 atom stereocenters. The Morgan fingerprint density at radius 2 is 2.05 bits per heavy atom. The molecule has 0 aromatic heterocycles. The predicted molar refractivity (Wildman–Crippen MR) is 91.2 cm³/mol. The number of aryl methyl sites for hydroxylation is 2. The molecule has 1 saturated carbocycles. The van der Waals surface area contributed by atoms with Crippen LogP contribution in [-0.2, 0) is 9.59 Å². The molecule has 0 unspecified atom stereocenters. The lowest BCUT2D eigenvalue weighted by molar-refractivity contribution is -0.141. The van der Waals surface area contributed by atoms with Crippen molar-refractivity contribution in [1.82, 2.24) is 5.32 Å². The molecular weight excluding hydrogens is 366 g/mol. The maximum atomic E-state index is 12.0. The summed E-state index contributed by atoms with van der Waals surface area (Å²) >= 11 is 5.02. The van der Waals surface area contributed by atoms with E-state index in [0.717, 1.165) is 26.9 Å². The number of nitrogens with one attached hydrogen (secondary N) is 1. The molecular formula is C16H20BrNO3S. The van der Waals surface area contributed by atoms with Crippen molar-refractivity contribution in [2.75, 3.05) is 5.75 Å². The van der Waals surface area contributed by atoms with Gasteiger partial charge < -0.3 is 10.4 Å². The minimum atomic E-state index is -0.757. The summed E-state index contributed by atoms with van der Waals surface area (Å²) in [6.07, 6.45) is 1.95. The summed E-state index contributed by atoms with van der Waals surface area (Å²) in [5.41, 5.74) is 2.29. The molecule has 1 aromatic rings. The first kappa shape index (κ1) is 17.3. The average Bonchev–Trinajstić information content (AvgIpc) is 2.90. The number of amides is 1. The Balaban J connectivity index is 1.84. The molecule has 2 N–H and O–H groups in total. The van der Waals surface area contributed by atoms with Gasteiger partial charge in [0, 0.05) is 15.4 Å². The second kappa shape index (κ2) is 7.51. The topological polar surface area (TPSA) is 66.4 Å². The average molecular weight is 386 g/mol. The Labute approximate surface area is 143 Å². The maximum absolute atomic E-state index is 12.0. The van der Waals surface area contributed by atoms with Gasteiger partial charge in [-0.3, -0.25) is 9.59 Å². The lowest BCUT2D eigenvalue weighted by atomic mass is 10.1. The molecule has 0 aliphatic heterocycles. The Kier molecular flexibility index (Phi) is 5.92. The Bertz CT molecular complexity index is 591. The number of aliphatic carboxylic acids is 1. The third-order valence-corrected chi connectivity index (χ3v) is 5.97. The minimum Gasteiger partial charge on any atom is -0.481 e. The number of halogens is 1. The highest BCUT2D eigenvalue weighted by atomic mass is 79.9. The van der Waals surface area contributed by atoms with Crippen LogP contribution in [0.5, 0.6) is 0 Å². The molecule has 0 heterocycles. The van der Waals surface area contributed by atoms with E-state index < -0.39 is 5.97 Å². The predicted octanol–water partition coefficient (Wildman–Crippen LogP) is 3.53. The summed E-state index contributed by atoms with van der Waals surface area (Å²) < 4.78 is 1.07. The number of carbonyl (C=O) groups is 2. The van der Waals surface area contributed by atoms with Crippen molar-refractivity contribution in [2.24, 2.45) is 5.92 Å². The third-order valence-electron chi connectivity index (χ3n) is 3.96. The Hall–Kier alpha value is -1.01. The number of thioether (sulfide) groups is 1. The molecule has 0 spiro atoms. The van der Waals surface area contributed by atoms with Crippen LogP contribution >= 0.6 is 27.7 Å². The van der Waals surface area contributed by atoms with Crippen LogP contribution in [0.4, 0.5) is 0 Å². The van der Waals surface area contributed by atoms with Gasteiger partial charge in [-0.1, -0.05) is 15.9 Å². The van der Waals surface area contributed by atoms with Gasteiger partial charge in [0.1, 0.15) is 0 Å². The van der Waals surface area contributed by atoms with Crippen molar-refractivity contribution in [3.05, 3.63) is 27.7 Å². The first-order valence-corrected chi connectivity index (χ1v) is 9.06. The standard InChI is InChI=1S/C16H20BrNO3S/c1-9-6-14(10(2)5-13(9)17)22-8-15(19)18-12-4-3-11(7-12)16(20)21/h5-6,11-12H,3-4,7-8H2,1-2H3,(H,18,19)(H,20,21)/t11-,12+/m0/s1. The number of rotatable bonds is 5. The second-order valence-corrected chi connectivity index (χ2v) is 7.64. The fraction of sp³-hybridized carbons (Fsp3) is 0.500. The molecule has 0 radical (unpaired) electrons. The molecule has 6 heteroatoms. The molecule has 0 bridgehead atoms. The van der Waals surface area contributed by atoms with Crippen LogP contribution in [0.25, 0.3) is 0 Å². The zero-order valence-electron chi connectivity index (χ0n) is 12.7. The van der Waals surface area contributed by atoms with E-state index in [1.807, 2.05) is 13.8 Å². The highest BCUT2D eigenvalue weighted by molar-refractivity contribution is 9.10. The van der Waals surface area contributed by atoms with Crippen LogP contribution < -0.4 is 5.32 Å². The lowest BCUT2D eigenvalue weighted by Crippen LogP contribution is -2.34. The summed E-state index contributed by atoms with van der Waals surface area (Å²) in [5, 5.41) is 11.9. The van der Waals surface area contributed by atoms with Gasteiger partial charge in [-0.05, 0) is 56.4 Å². The summed E-state index contributed by atoms with van der Waals surface area (Å²) in [5.74, 6) is -0.738. The molecule has 1 aliphatic carbocycles. The van der Waals surface area contributed by atoms with Crippen LogP contribution in [-0.4, -0.2) is 28.8 Å². The van der Waals surface area contributed by atoms with E-state index in [4.69, 9.17) is 5.11 Å². The van der Waals surface area contributed by atoms with E-state index >= 15 is 0 Å². The van der Waals surface area contributed by atoms with Crippen LogP contribution in [0.15, 0.2) is 21.5 Å². The molecule has 4 nitrogen and oxygen atoms in total. The lowest BCUT2D eigenvalue weighted by Gasteiger charge is -2.13. The van der Waals surface area contributed by atoms with E-state index in [9.17, 15) is 9.59 Å². The van der Waals surface area contributed by atoms with Crippen molar-refractivity contribution in [3.8, 4) is 0 Å². The van der Waals surface area contributed by atoms with Crippen LogP contribution in [0.3, 0.4) is 0 Å². The molecule has 1 fully saturated rings. The van der Waals surface area contributed by atoms with Crippen LogP contribution in [0, 0.1) is 19.8 Å². The fourth-order valence-corrected chi connectivity index (χ4v) is 4.03. The summed E-state index contributed by atoms with van der Waals surface area (Å²) in [6.45, 7) is 4.05. The van der Waals surface area contributed by atoms with Gasteiger partial charge in [-0.2, -0.15) is 0 Å². The zero-order chi connectivity index (χ0) is 16.3. The first-order chi connectivity index (χ1) is 10.4. The van der Waals surface area contributed by atoms with Crippen molar-refractivity contribution >= 4 is 39.6 Å². The van der Waals surface area contributed by atoms with Gasteiger partial charge in [0.15, 0.2) is 0 Å². The van der Waals surface area contributed by atoms with Gasteiger partial charge in [-0.25, -0.2) is 0 Å². The van der Waals surface area contributed by atoms with E-state index in [1.165, 1.54) is 11.8 Å². The first-order valence-electron chi connectivity index (χ1n) is 7.28. The van der Waals surface area contributed by atoms with Gasteiger partial charge in [0.25, 0.3) is 0 Å². The number of benzene rings is 1. The summed E-state index contributed by atoms with van der Waals surface area (Å²) in [7, 11) is 0. The SMILES string of the molecule is Cc1cc(SCC(=O)N[C@@H]2CC[C@H](C(=O)O)C2)c(C)cc1Br. The molecule has 1 amide bonds. The third kappa shape index (κ3) is 4.49. The van der Waals surface area contributed by atoms with Crippen LogP contribution in [0.2, 0.25) is 0 Å². The largest absolute Gasteiger partial charge is 0.481 e. The second-order valence-electron chi connectivity index (χ2n) is 5.77. The normalized spacial score (nSPS) is 20.9. The molecule has 2 rings (SSSR count). The Morgan fingerprint density at radius 1 is 1.32 bits per heavy atom. The van der Waals surface area contributed by atoms with Crippen molar-refractivity contribution in [1.29, 1.82) is 0 Å². The Morgan fingerprint density at radius 3 is 2.68 bits per heavy atom.